The van der Waals surface area contributed by atoms with Crippen LogP contribution in [0.3, 0.4) is 0 Å². The zero-order chi connectivity index (χ0) is 50.5. The maximum absolute atomic E-state index is 16.7. The molecule has 5 heterocycles. The number of aromatic nitrogens is 4. The number of thiazole rings is 1. The topological polar surface area (TPSA) is 198 Å². The lowest BCUT2D eigenvalue weighted by molar-refractivity contribution is -0.177. The number of carbonyl (C=O) groups is 5. The summed E-state index contributed by atoms with van der Waals surface area (Å²) in [5.74, 6) is 1.09. The first-order valence-corrected chi connectivity index (χ1v) is 24.5. The Morgan fingerprint density at radius 2 is 1.51 bits per heavy atom. The van der Waals surface area contributed by atoms with E-state index < -0.39 is 77.3 Å². The standard InChI is InChI=1S/C56H46N8O8S/c1-32(2)45(51(67)71-3)58-55(70)63-41-29-24-33(15-14-30-62-42-22-12-10-20-39(42)60-61-62)31-38(41)56(53(63)69)44(50(66)59-54-57-40-21-11-13-23-43(40)73-54)47-52(68)72-48(35-18-8-5-9-19-35)46(34-16-6-4-7-17-34)64(47)49(56)36-25-27-37(65)28-26-36/h4-13,16-29,31-32,44-49,65H,30H2,1-3H3,(H,58,70)(H,57,59,66)/t44-,45-,46-,47-,48+,49+,56-/m0/s1. The third kappa shape index (κ3) is 7.91. The molecule has 364 valence electrons. The number of nitrogens with zero attached hydrogens (tertiary/aromatic N) is 6. The first kappa shape index (κ1) is 46.7. The molecule has 4 amide bonds. The number of cyclic esters (lactones) is 1. The highest BCUT2D eigenvalue weighted by Gasteiger charge is 2.75. The number of phenols is 1. The van der Waals surface area contributed by atoms with E-state index in [1.165, 1.54) is 30.6 Å². The maximum atomic E-state index is 16.7. The maximum Gasteiger partial charge on any atom is 0.329 e. The average Bonchev–Trinajstić information content (AvgIpc) is 4.16. The first-order chi connectivity index (χ1) is 35.5. The highest BCUT2D eigenvalue weighted by molar-refractivity contribution is 7.22. The van der Waals surface area contributed by atoms with Crippen LogP contribution in [0.2, 0.25) is 0 Å². The van der Waals surface area contributed by atoms with Crippen molar-refractivity contribution in [2.45, 2.75) is 56.1 Å². The second kappa shape index (κ2) is 18.8. The number of benzene rings is 6. The number of carbonyl (C=O) groups excluding carboxylic acids is 5. The van der Waals surface area contributed by atoms with Gasteiger partial charge in [-0.15, -0.1) is 5.10 Å². The highest BCUT2D eigenvalue weighted by atomic mass is 32.1. The largest absolute Gasteiger partial charge is 0.508 e. The van der Waals surface area contributed by atoms with Crippen molar-refractivity contribution < 1.29 is 38.6 Å². The molecule has 2 aromatic heterocycles. The van der Waals surface area contributed by atoms with Crippen LogP contribution in [0.1, 0.15) is 59.9 Å². The van der Waals surface area contributed by atoms with Gasteiger partial charge in [0.1, 0.15) is 41.4 Å². The molecular weight excluding hydrogens is 945 g/mol. The lowest BCUT2D eigenvalue weighted by Crippen LogP contribution is -2.57. The van der Waals surface area contributed by atoms with E-state index in [1.54, 1.807) is 48.9 Å². The molecule has 3 aliphatic heterocycles. The molecule has 0 bridgehead atoms. The minimum Gasteiger partial charge on any atom is -0.508 e. The minimum atomic E-state index is -2.16. The number of fused-ring (bicyclic) bond motifs is 5. The van der Waals surface area contributed by atoms with Crippen LogP contribution in [0.15, 0.2) is 152 Å². The van der Waals surface area contributed by atoms with Crippen molar-refractivity contribution in [1.29, 1.82) is 0 Å². The summed E-state index contributed by atoms with van der Waals surface area (Å²) in [4.78, 5) is 84.2. The minimum absolute atomic E-state index is 0.0725. The van der Waals surface area contributed by atoms with Crippen LogP contribution in [0.5, 0.6) is 5.75 Å². The Bertz CT molecular complexity index is 3500. The summed E-state index contributed by atoms with van der Waals surface area (Å²) in [6, 6.07) is 39.0. The number of hydrogen-bond acceptors (Lipinski definition) is 13. The zero-order valence-electron chi connectivity index (χ0n) is 39.6. The van der Waals surface area contributed by atoms with Crippen LogP contribution in [-0.4, -0.2) is 79.0 Å². The van der Waals surface area contributed by atoms with Crippen molar-refractivity contribution in [2.24, 2.45) is 11.8 Å². The van der Waals surface area contributed by atoms with Crippen molar-refractivity contribution in [2.75, 3.05) is 17.3 Å². The van der Waals surface area contributed by atoms with E-state index >= 15 is 19.2 Å². The van der Waals surface area contributed by atoms with Gasteiger partial charge < -0.3 is 25.2 Å². The fourth-order valence-corrected chi connectivity index (χ4v) is 11.7. The third-order valence-electron chi connectivity index (χ3n) is 14.0. The van der Waals surface area contributed by atoms with Crippen molar-refractivity contribution in [3.05, 3.63) is 179 Å². The van der Waals surface area contributed by atoms with E-state index in [0.29, 0.717) is 33.3 Å². The second-order valence-electron chi connectivity index (χ2n) is 18.4. The number of anilines is 2. The summed E-state index contributed by atoms with van der Waals surface area (Å²) in [7, 11) is 1.21. The summed E-state index contributed by atoms with van der Waals surface area (Å²) in [6.07, 6.45) is -0.970. The van der Waals surface area contributed by atoms with Crippen molar-refractivity contribution in [3.63, 3.8) is 0 Å². The molecule has 7 atom stereocenters. The lowest BCUT2D eigenvalue weighted by Gasteiger charge is -2.46. The van der Waals surface area contributed by atoms with Crippen molar-refractivity contribution in [1.82, 2.24) is 30.2 Å². The molecule has 0 radical (unpaired) electrons. The Kier molecular flexibility index (Phi) is 12.0. The van der Waals surface area contributed by atoms with Crippen LogP contribution >= 0.6 is 11.3 Å². The Hall–Kier alpha value is -8.72. The number of ether oxygens (including phenoxy) is 2. The van der Waals surface area contributed by atoms with Gasteiger partial charge in [-0.1, -0.05) is 139 Å². The summed E-state index contributed by atoms with van der Waals surface area (Å²) in [5, 5.41) is 25.4. The van der Waals surface area contributed by atoms with Crippen LogP contribution in [0.4, 0.5) is 15.6 Å². The Balaban J connectivity index is 1.18. The molecule has 11 rings (SSSR count). The fraction of sp³-hybridized carbons (Fsp3) is 0.214. The molecule has 0 saturated carbocycles. The first-order valence-electron chi connectivity index (χ1n) is 23.7. The van der Waals surface area contributed by atoms with Crippen molar-refractivity contribution in [3.8, 4) is 17.6 Å². The van der Waals surface area contributed by atoms with Crippen LogP contribution in [0.25, 0.3) is 21.3 Å². The molecular formula is C56H46N8O8S. The van der Waals surface area contributed by atoms with Crippen molar-refractivity contribution >= 4 is 73.2 Å². The van der Waals surface area contributed by atoms with Crippen LogP contribution in [-0.2, 0) is 40.6 Å². The predicted octanol–water partition coefficient (Wildman–Crippen LogP) is 8.01. The van der Waals surface area contributed by atoms with E-state index in [1.807, 2.05) is 114 Å². The lowest BCUT2D eigenvalue weighted by atomic mass is 9.65. The number of aromatic hydroxyl groups is 1. The molecule has 17 heteroatoms. The molecule has 0 aliphatic carbocycles. The van der Waals surface area contributed by atoms with E-state index in [9.17, 15) is 9.90 Å². The van der Waals surface area contributed by atoms with Gasteiger partial charge in [0.15, 0.2) is 5.13 Å². The molecule has 16 nitrogen and oxygen atoms in total. The smallest absolute Gasteiger partial charge is 0.329 e. The van der Waals surface area contributed by atoms with E-state index in [4.69, 9.17) is 14.5 Å². The quantitative estimate of drug-likeness (QED) is 0.0932. The molecule has 3 aliphatic rings. The number of imide groups is 1. The number of amides is 4. The number of urea groups is 1. The summed E-state index contributed by atoms with van der Waals surface area (Å²) < 4.78 is 14.1. The molecule has 2 fully saturated rings. The average molecular weight is 991 g/mol. The van der Waals surface area contributed by atoms with Gasteiger partial charge in [-0.05, 0) is 82.8 Å². The molecule has 3 N–H and O–H groups in total. The molecule has 6 aromatic carbocycles. The number of hydrogen-bond donors (Lipinski definition) is 3. The van der Waals surface area contributed by atoms with Gasteiger partial charge in [-0.3, -0.25) is 19.3 Å². The van der Waals surface area contributed by atoms with E-state index in [0.717, 1.165) is 15.1 Å². The fourth-order valence-electron chi connectivity index (χ4n) is 10.8. The Labute approximate surface area is 422 Å². The third-order valence-corrected chi connectivity index (χ3v) is 14.9. The normalized spacial score (nSPS) is 21.6. The monoisotopic (exact) mass is 990 g/mol. The van der Waals surface area contributed by atoms with Gasteiger partial charge in [0.05, 0.1) is 46.5 Å². The van der Waals surface area contributed by atoms with Crippen LogP contribution in [0, 0.1) is 23.7 Å². The Morgan fingerprint density at radius 3 is 2.22 bits per heavy atom. The molecule has 0 unspecified atom stereocenters. The summed E-state index contributed by atoms with van der Waals surface area (Å²) >= 11 is 1.22. The summed E-state index contributed by atoms with van der Waals surface area (Å²) in [6.45, 7) is 3.60. The number of para-hydroxylation sites is 2. The Morgan fingerprint density at radius 1 is 0.822 bits per heavy atom. The van der Waals surface area contributed by atoms with E-state index in [-0.39, 0.29) is 28.7 Å². The highest BCUT2D eigenvalue weighted by Crippen LogP contribution is 2.66. The molecule has 2 saturated heterocycles. The predicted molar refractivity (Wildman–Crippen MR) is 272 cm³/mol. The van der Waals surface area contributed by atoms with Crippen LogP contribution < -0.4 is 15.5 Å². The van der Waals surface area contributed by atoms with Gasteiger partial charge >= 0.3 is 18.0 Å². The second-order valence-corrected chi connectivity index (χ2v) is 19.5. The SMILES string of the molecule is COC(=O)[C@@H](NC(=O)N1C(=O)[C@@]2(c3cc(C#CCn4nnc5ccccc54)ccc31)[C@H](C(=O)Nc1nc3ccccc3s1)[C@H]1C(=O)O[C@H](c3ccccc3)[C@H](c3ccccc3)N1[C@@H]2c1ccc(O)cc1)C(C)C. The van der Waals surface area contributed by atoms with Gasteiger partial charge in [-0.25, -0.2) is 24.2 Å². The number of esters is 2. The number of rotatable bonds is 9. The number of nitrogens with one attached hydrogen (secondary N) is 2. The number of methoxy groups -OCH3 is 1. The summed E-state index contributed by atoms with van der Waals surface area (Å²) in [5.41, 5.74) is 2.44. The van der Waals surface area contributed by atoms with Gasteiger partial charge in [0.2, 0.25) is 11.8 Å². The number of phenolic OH excluding ortho intramolecular Hbond substituents is 1. The zero-order valence-corrected chi connectivity index (χ0v) is 40.4. The number of morpholine rings is 1. The van der Waals surface area contributed by atoms with Gasteiger partial charge in [0, 0.05) is 5.56 Å². The molecule has 8 aromatic rings. The molecule has 1 spiro atoms. The molecule has 73 heavy (non-hydrogen) atoms. The van der Waals surface area contributed by atoms with Gasteiger partial charge in [0.25, 0.3) is 0 Å². The van der Waals surface area contributed by atoms with E-state index in [2.05, 4.69) is 32.8 Å². The van der Waals surface area contributed by atoms with Gasteiger partial charge in [-0.2, -0.15) is 0 Å².